The molecule has 2 heterocycles. The summed E-state index contributed by atoms with van der Waals surface area (Å²) in [6.07, 6.45) is 0. The molecular formula is C52H41NO2. The van der Waals surface area contributed by atoms with Crippen LogP contribution in [0, 0.1) is 0 Å². The number of anilines is 3. The highest BCUT2D eigenvalue weighted by atomic mass is 16.5. The molecule has 0 unspecified atom stereocenters. The molecule has 3 heteroatoms. The van der Waals surface area contributed by atoms with Crippen molar-refractivity contribution in [1.29, 1.82) is 0 Å². The lowest BCUT2D eigenvalue weighted by Gasteiger charge is -2.35. The Morgan fingerprint density at radius 1 is 0.364 bits per heavy atom. The van der Waals surface area contributed by atoms with Crippen LogP contribution in [0.15, 0.2) is 176 Å². The molecule has 0 aliphatic carbocycles. The summed E-state index contributed by atoms with van der Waals surface area (Å²) in [5.41, 5.74) is 12.1. The van der Waals surface area contributed by atoms with Crippen molar-refractivity contribution < 1.29 is 9.47 Å². The Bertz CT molecular complexity index is 2610. The number of nitrogens with zero attached hydrogens (tertiary/aromatic N) is 1. The second-order valence-electron chi connectivity index (χ2n) is 15.8. The van der Waals surface area contributed by atoms with Gasteiger partial charge in [-0.15, -0.1) is 0 Å². The minimum atomic E-state index is -0.176. The van der Waals surface area contributed by atoms with E-state index in [1.165, 1.54) is 33.0 Å². The molecule has 0 N–H and O–H groups in total. The van der Waals surface area contributed by atoms with Crippen LogP contribution in [0.5, 0.6) is 23.0 Å². The Hall–Kier alpha value is -6.58. The van der Waals surface area contributed by atoms with E-state index >= 15 is 0 Å². The Balaban J connectivity index is 1.04. The quantitative estimate of drug-likeness (QED) is 0.177. The lowest BCUT2D eigenvalue weighted by atomic mass is 9.75. The first kappa shape index (κ1) is 33.0. The van der Waals surface area contributed by atoms with Crippen molar-refractivity contribution >= 4 is 27.8 Å². The summed E-state index contributed by atoms with van der Waals surface area (Å²) in [5.74, 6) is 3.71. The molecule has 266 valence electrons. The molecule has 0 saturated carbocycles. The summed E-state index contributed by atoms with van der Waals surface area (Å²) in [4.78, 5) is 2.34. The van der Waals surface area contributed by atoms with E-state index < -0.39 is 0 Å². The standard InChI is InChI=1S/C52H41NO2/c1-51(2)43-17-7-9-21-47(43)54-49-41(15-11-19-45(49)51)35-24-28-38(29-25-35)53(40-32-23-34-13-5-6-14-37(34)33-40)39-30-26-36(27-31-39)42-16-12-20-46-50(42)55-48-22-10-8-18-44(48)52(46,3)4/h5-33H,1-4H3. The van der Waals surface area contributed by atoms with E-state index in [1.807, 2.05) is 12.1 Å². The summed E-state index contributed by atoms with van der Waals surface area (Å²) < 4.78 is 13.3. The van der Waals surface area contributed by atoms with E-state index in [9.17, 15) is 0 Å². The number of hydrogen-bond donors (Lipinski definition) is 0. The minimum Gasteiger partial charge on any atom is -0.456 e. The topological polar surface area (TPSA) is 21.7 Å². The second kappa shape index (κ2) is 12.5. The maximum atomic E-state index is 6.65. The van der Waals surface area contributed by atoms with Crippen LogP contribution in [0.1, 0.15) is 49.9 Å². The molecule has 8 aromatic rings. The van der Waals surface area contributed by atoms with Crippen molar-refractivity contribution in [3.63, 3.8) is 0 Å². The van der Waals surface area contributed by atoms with Crippen molar-refractivity contribution in [1.82, 2.24) is 0 Å². The van der Waals surface area contributed by atoms with E-state index in [-0.39, 0.29) is 10.8 Å². The zero-order chi connectivity index (χ0) is 37.3. The predicted molar refractivity (Wildman–Crippen MR) is 227 cm³/mol. The van der Waals surface area contributed by atoms with Gasteiger partial charge >= 0.3 is 0 Å². The van der Waals surface area contributed by atoms with Gasteiger partial charge < -0.3 is 14.4 Å². The molecule has 0 radical (unpaired) electrons. The van der Waals surface area contributed by atoms with E-state index in [2.05, 4.69) is 196 Å². The SMILES string of the molecule is CC1(C)c2ccccc2Oc2c(-c3ccc(N(c4ccc(-c5cccc6c5Oc5ccccc5C6(C)C)cc4)c4ccc5ccccc5c4)cc3)cccc21. The van der Waals surface area contributed by atoms with Gasteiger partial charge in [0, 0.05) is 61.3 Å². The van der Waals surface area contributed by atoms with Gasteiger partial charge in [-0.1, -0.05) is 155 Å². The Labute approximate surface area is 323 Å². The smallest absolute Gasteiger partial charge is 0.139 e. The summed E-state index contributed by atoms with van der Waals surface area (Å²) >= 11 is 0. The molecule has 0 aromatic heterocycles. The van der Waals surface area contributed by atoms with E-state index in [0.717, 1.165) is 62.3 Å². The average Bonchev–Trinajstić information content (AvgIpc) is 3.21. The van der Waals surface area contributed by atoms with Crippen LogP contribution in [-0.4, -0.2) is 0 Å². The zero-order valence-electron chi connectivity index (χ0n) is 31.5. The van der Waals surface area contributed by atoms with Gasteiger partial charge in [0.15, 0.2) is 0 Å². The van der Waals surface area contributed by atoms with Crippen LogP contribution in [0.25, 0.3) is 33.0 Å². The summed E-state index contributed by atoms with van der Waals surface area (Å²) in [6.45, 7) is 9.14. The first-order valence-corrected chi connectivity index (χ1v) is 19.1. The highest BCUT2D eigenvalue weighted by Crippen LogP contribution is 2.53. The molecule has 8 aromatic carbocycles. The van der Waals surface area contributed by atoms with E-state index in [4.69, 9.17) is 9.47 Å². The zero-order valence-corrected chi connectivity index (χ0v) is 31.5. The number of benzene rings is 8. The third-order valence-electron chi connectivity index (χ3n) is 11.8. The van der Waals surface area contributed by atoms with Crippen molar-refractivity contribution in [2.45, 2.75) is 38.5 Å². The van der Waals surface area contributed by atoms with Gasteiger partial charge in [0.25, 0.3) is 0 Å². The van der Waals surface area contributed by atoms with Gasteiger partial charge in [0.2, 0.25) is 0 Å². The van der Waals surface area contributed by atoms with Gasteiger partial charge in [-0.25, -0.2) is 0 Å². The lowest BCUT2D eigenvalue weighted by Crippen LogP contribution is -2.24. The van der Waals surface area contributed by atoms with Gasteiger partial charge in [-0.2, -0.15) is 0 Å². The maximum absolute atomic E-state index is 6.65. The van der Waals surface area contributed by atoms with E-state index in [0.29, 0.717) is 0 Å². The number of rotatable bonds is 5. The van der Waals surface area contributed by atoms with Crippen molar-refractivity contribution in [3.05, 3.63) is 198 Å². The highest BCUT2D eigenvalue weighted by Gasteiger charge is 2.36. The fourth-order valence-electron chi connectivity index (χ4n) is 8.73. The highest BCUT2D eigenvalue weighted by molar-refractivity contribution is 5.90. The second-order valence-corrected chi connectivity index (χ2v) is 15.8. The molecule has 55 heavy (non-hydrogen) atoms. The molecule has 2 aliphatic heterocycles. The van der Waals surface area contributed by atoms with Crippen LogP contribution < -0.4 is 14.4 Å². The average molecular weight is 712 g/mol. The normalized spacial score (nSPS) is 14.4. The molecule has 0 saturated heterocycles. The largest absolute Gasteiger partial charge is 0.456 e. The monoisotopic (exact) mass is 711 g/mol. The first-order chi connectivity index (χ1) is 26.8. The van der Waals surface area contributed by atoms with Gasteiger partial charge in [-0.05, 0) is 70.4 Å². The molecule has 2 aliphatic rings. The molecule has 10 rings (SSSR count). The number of fused-ring (bicyclic) bond motifs is 5. The van der Waals surface area contributed by atoms with Crippen LogP contribution in [-0.2, 0) is 10.8 Å². The van der Waals surface area contributed by atoms with Gasteiger partial charge in [0.05, 0.1) is 0 Å². The number of ether oxygens (including phenoxy) is 2. The molecule has 0 atom stereocenters. The summed E-state index contributed by atoms with van der Waals surface area (Å²) in [5, 5.41) is 2.42. The lowest BCUT2D eigenvalue weighted by molar-refractivity contribution is 0.419. The number of hydrogen-bond acceptors (Lipinski definition) is 3. The van der Waals surface area contributed by atoms with Gasteiger partial charge in [0.1, 0.15) is 23.0 Å². The van der Waals surface area contributed by atoms with E-state index in [1.54, 1.807) is 0 Å². The Morgan fingerprint density at radius 2 is 0.782 bits per heavy atom. The Morgan fingerprint density at radius 3 is 1.29 bits per heavy atom. The van der Waals surface area contributed by atoms with Crippen LogP contribution in [0.2, 0.25) is 0 Å². The molecule has 0 spiro atoms. The molecular weight excluding hydrogens is 671 g/mol. The predicted octanol–water partition coefficient (Wildman–Crippen LogP) is 14.5. The van der Waals surface area contributed by atoms with Crippen LogP contribution in [0.4, 0.5) is 17.1 Å². The number of para-hydroxylation sites is 4. The third kappa shape index (κ3) is 5.33. The van der Waals surface area contributed by atoms with Crippen molar-refractivity contribution in [3.8, 4) is 45.3 Å². The van der Waals surface area contributed by atoms with Crippen molar-refractivity contribution in [2.24, 2.45) is 0 Å². The van der Waals surface area contributed by atoms with Crippen LogP contribution in [0.3, 0.4) is 0 Å². The maximum Gasteiger partial charge on any atom is 0.139 e. The molecule has 0 amide bonds. The summed E-state index contributed by atoms with van der Waals surface area (Å²) in [7, 11) is 0. The minimum absolute atomic E-state index is 0.176. The Kier molecular flexibility index (Phi) is 7.50. The first-order valence-electron chi connectivity index (χ1n) is 19.1. The van der Waals surface area contributed by atoms with Crippen molar-refractivity contribution in [2.75, 3.05) is 4.90 Å². The van der Waals surface area contributed by atoms with Gasteiger partial charge in [-0.3, -0.25) is 0 Å². The molecule has 3 nitrogen and oxygen atoms in total. The molecule has 0 fully saturated rings. The third-order valence-corrected chi connectivity index (χ3v) is 11.8. The van der Waals surface area contributed by atoms with Crippen LogP contribution >= 0.6 is 0 Å². The molecule has 0 bridgehead atoms. The fourth-order valence-corrected chi connectivity index (χ4v) is 8.73. The summed E-state index contributed by atoms with van der Waals surface area (Å²) in [6, 6.07) is 62.8. The fraction of sp³-hybridized carbons (Fsp3) is 0.115.